The van der Waals surface area contributed by atoms with E-state index in [1.54, 1.807) is 4.90 Å². The molecule has 1 aromatic carbocycles. The van der Waals surface area contributed by atoms with Crippen molar-refractivity contribution >= 4 is 12.2 Å². The highest BCUT2D eigenvalue weighted by molar-refractivity contribution is 5.81. The lowest BCUT2D eigenvalue weighted by atomic mass is 9.99. The molecule has 0 spiro atoms. The van der Waals surface area contributed by atoms with Gasteiger partial charge >= 0.3 is 0 Å². The Labute approximate surface area is 88.7 Å². The van der Waals surface area contributed by atoms with E-state index in [-0.39, 0.29) is 18.4 Å². The van der Waals surface area contributed by atoms with Crippen LogP contribution in [0, 0.1) is 0 Å². The molecule has 3 nitrogen and oxygen atoms in total. The Morgan fingerprint density at radius 2 is 2.07 bits per heavy atom. The van der Waals surface area contributed by atoms with Gasteiger partial charge in [-0.3, -0.25) is 4.79 Å². The maximum absolute atomic E-state index is 11.5. The molecule has 1 aromatic rings. The Morgan fingerprint density at radius 3 is 2.73 bits per heavy atom. The van der Waals surface area contributed by atoms with E-state index in [2.05, 4.69) is 0 Å². The van der Waals surface area contributed by atoms with Gasteiger partial charge < -0.3 is 9.69 Å². The summed E-state index contributed by atoms with van der Waals surface area (Å²) < 4.78 is 0. The summed E-state index contributed by atoms with van der Waals surface area (Å²) in [6, 6.07) is 9.97. The minimum absolute atomic E-state index is 0.0796. The molecule has 15 heavy (non-hydrogen) atoms. The number of benzene rings is 1. The number of hydrogen-bond acceptors (Lipinski definition) is 2. The van der Waals surface area contributed by atoms with Gasteiger partial charge in [0.1, 0.15) is 6.29 Å². The SMILES string of the molecule is O=CCN1C[C@H](c2ccccc2)CC1=O. The summed E-state index contributed by atoms with van der Waals surface area (Å²) in [5.74, 6) is 0.328. The van der Waals surface area contributed by atoms with Crippen LogP contribution < -0.4 is 0 Å². The van der Waals surface area contributed by atoms with Gasteiger partial charge in [-0.25, -0.2) is 0 Å². The zero-order valence-electron chi connectivity index (χ0n) is 8.43. The molecular formula is C12H13NO2. The molecule has 1 aliphatic rings. The molecule has 1 aliphatic heterocycles. The van der Waals surface area contributed by atoms with Gasteiger partial charge in [0, 0.05) is 18.9 Å². The molecule has 1 saturated heterocycles. The minimum Gasteiger partial charge on any atom is -0.335 e. The van der Waals surface area contributed by atoms with E-state index in [0.29, 0.717) is 13.0 Å². The maximum Gasteiger partial charge on any atom is 0.223 e. The first-order chi connectivity index (χ1) is 7.31. The second-order valence-corrected chi connectivity index (χ2v) is 3.78. The first kappa shape index (κ1) is 9.90. The largest absolute Gasteiger partial charge is 0.335 e. The number of aldehydes is 1. The maximum atomic E-state index is 11.5. The Morgan fingerprint density at radius 1 is 1.33 bits per heavy atom. The molecule has 0 aliphatic carbocycles. The molecule has 0 radical (unpaired) electrons. The Bertz CT molecular complexity index is 361. The number of rotatable bonds is 3. The lowest BCUT2D eigenvalue weighted by Gasteiger charge is -2.12. The Hall–Kier alpha value is -1.64. The molecule has 0 unspecified atom stereocenters. The van der Waals surface area contributed by atoms with E-state index in [1.165, 1.54) is 5.56 Å². The summed E-state index contributed by atoms with van der Waals surface area (Å²) in [6.07, 6.45) is 1.31. The third kappa shape index (κ3) is 2.06. The summed E-state index contributed by atoms with van der Waals surface area (Å²) >= 11 is 0. The predicted octanol–water partition coefficient (Wildman–Crippen LogP) is 1.20. The number of carbonyl (C=O) groups excluding carboxylic acids is 2. The number of amides is 1. The Balaban J connectivity index is 2.09. The first-order valence-electron chi connectivity index (χ1n) is 5.07. The van der Waals surface area contributed by atoms with Crippen molar-refractivity contribution in [2.24, 2.45) is 0 Å². The smallest absolute Gasteiger partial charge is 0.223 e. The molecule has 1 heterocycles. The Kier molecular flexibility index (Phi) is 2.81. The molecule has 1 amide bonds. The molecule has 3 heteroatoms. The summed E-state index contributed by atoms with van der Waals surface area (Å²) in [5.41, 5.74) is 1.18. The summed E-state index contributed by atoms with van der Waals surface area (Å²) in [4.78, 5) is 23.5. The lowest BCUT2D eigenvalue weighted by molar-refractivity contribution is -0.129. The third-order valence-electron chi connectivity index (χ3n) is 2.78. The van der Waals surface area contributed by atoms with Gasteiger partial charge in [-0.15, -0.1) is 0 Å². The van der Waals surface area contributed by atoms with Crippen LogP contribution in [-0.2, 0) is 9.59 Å². The van der Waals surface area contributed by atoms with Gasteiger partial charge in [-0.2, -0.15) is 0 Å². The average Bonchev–Trinajstić information content (AvgIpc) is 2.63. The average molecular weight is 203 g/mol. The van der Waals surface area contributed by atoms with Crippen molar-refractivity contribution in [3.63, 3.8) is 0 Å². The highest BCUT2D eigenvalue weighted by atomic mass is 16.2. The van der Waals surface area contributed by atoms with Gasteiger partial charge in [0.15, 0.2) is 0 Å². The number of likely N-dealkylation sites (tertiary alicyclic amines) is 1. The number of carbonyl (C=O) groups is 2. The van der Waals surface area contributed by atoms with Crippen LogP contribution in [0.1, 0.15) is 17.9 Å². The van der Waals surface area contributed by atoms with Gasteiger partial charge in [-0.05, 0) is 5.56 Å². The van der Waals surface area contributed by atoms with E-state index in [4.69, 9.17) is 0 Å². The monoisotopic (exact) mass is 203 g/mol. The van der Waals surface area contributed by atoms with Gasteiger partial charge in [0.2, 0.25) is 5.91 Å². The number of hydrogen-bond donors (Lipinski definition) is 0. The molecule has 1 fully saturated rings. The third-order valence-corrected chi connectivity index (χ3v) is 2.78. The zero-order valence-corrected chi connectivity index (χ0v) is 8.43. The van der Waals surface area contributed by atoms with Crippen LogP contribution >= 0.6 is 0 Å². The van der Waals surface area contributed by atoms with E-state index in [1.807, 2.05) is 30.3 Å². The summed E-state index contributed by atoms with van der Waals surface area (Å²) in [6.45, 7) is 0.893. The molecule has 0 N–H and O–H groups in total. The molecule has 78 valence electrons. The first-order valence-corrected chi connectivity index (χ1v) is 5.07. The van der Waals surface area contributed by atoms with Crippen molar-refractivity contribution in [3.8, 4) is 0 Å². The van der Waals surface area contributed by atoms with E-state index >= 15 is 0 Å². The molecule has 0 aromatic heterocycles. The fourth-order valence-corrected chi connectivity index (χ4v) is 1.99. The van der Waals surface area contributed by atoms with Crippen molar-refractivity contribution in [2.75, 3.05) is 13.1 Å². The van der Waals surface area contributed by atoms with Crippen molar-refractivity contribution < 1.29 is 9.59 Å². The standard InChI is InChI=1S/C12H13NO2/c14-7-6-13-9-11(8-12(13)15)10-4-2-1-3-5-10/h1-5,7,11H,6,8-9H2/t11-/m1/s1. The normalized spacial score (nSPS) is 20.7. The molecule has 2 rings (SSSR count). The lowest BCUT2D eigenvalue weighted by Crippen LogP contribution is -2.26. The zero-order chi connectivity index (χ0) is 10.7. The van der Waals surface area contributed by atoms with Crippen LogP contribution in [0.5, 0.6) is 0 Å². The summed E-state index contributed by atoms with van der Waals surface area (Å²) in [5, 5.41) is 0. The van der Waals surface area contributed by atoms with Crippen molar-refractivity contribution in [2.45, 2.75) is 12.3 Å². The highest BCUT2D eigenvalue weighted by Gasteiger charge is 2.29. The van der Waals surface area contributed by atoms with Crippen LogP contribution in [0.3, 0.4) is 0 Å². The highest BCUT2D eigenvalue weighted by Crippen LogP contribution is 2.27. The summed E-state index contributed by atoms with van der Waals surface area (Å²) in [7, 11) is 0. The molecular weight excluding hydrogens is 190 g/mol. The molecule has 1 atom stereocenters. The van der Waals surface area contributed by atoms with E-state index in [0.717, 1.165) is 6.29 Å². The van der Waals surface area contributed by atoms with Crippen LogP contribution in [0.2, 0.25) is 0 Å². The van der Waals surface area contributed by atoms with Gasteiger partial charge in [0.25, 0.3) is 0 Å². The van der Waals surface area contributed by atoms with Crippen LogP contribution in [0.15, 0.2) is 30.3 Å². The quantitative estimate of drug-likeness (QED) is 0.692. The fraction of sp³-hybridized carbons (Fsp3) is 0.333. The van der Waals surface area contributed by atoms with E-state index < -0.39 is 0 Å². The molecule has 0 saturated carbocycles. The topological polar surface area (TPSA) is 37.4 Å². The minimum atomic E-state index is 0.0796. The van der Waals surface area contributed by atoms with Crippen molar-refractivity contribution in [1.82, 2.24) is 4.90 Å². The second-order valence-electron chi connectivity index (χ2n) is 3.78. The van der Waals surface area contributed by atoms with Crippen LogP contribution in [0.4, 0.5) is 0 Å². The number of nitrogens with zero attached hydrogens (tertiary/aromatic N) is 1. The predicted molar refractivity (Wildman–Crippen MR) is 56.4 cm³/mol. The van der Waals surface area contributed by atoms with Gasteiger partial charge in [-0.1, -0.05) is 30.3 Å². The van der Waals surface area contributed by atoms with Crippen molar-refractivity contribution in [1.29, 1.82) is 0 Å². The van der Waals surface area contributed by atoms with Gasteiger partial charge in [0.05, 0.1) is 6.54 Å². The second kappa shape index (κ2) is 4.26. The van der Waals surface area contributed by atoms with E-state index in [9.17, 15) is 9.59 Å². The van der Waals surface area contributed by atoms with Crippen LogP contribution in [0.25, 0.3) is 0 Å². The van der Waals surface area contributed by atoms with Crippen molar-refractivity contribution in [3.05, 3.63) is 35.9 Å². The van der Waals surface area contributed by atoms with Crippen LogP contribution in [-0.4, -0.2) is 30.2 Å². The fourth-order valence-electron chi connectivity index (χ4n) is 1.99. The molecule has 0 bridgehead atoms.